The highest BCUT2D eigenvalue weighted by Gasteiger charge is 2.32. The minimum absolute atomic E-state index is 0.122. The maximum atomic E-state index is 11.8. The van der Waals surface area contributed by atoms with Gasteiger partial charge in [0.05, 0.1) is 24.1 Å². The van der Waals surface area contributed by atoms with Crippen molar-refractivity contribution in [3.63, 3.8) is 0 Å². The Morgan fingerprint density at radius 3 is 2.69 bits per heavy atom. The highest BCUT2D eigenvalue weighted by atomic mass is 35.5. The van der Waals surface area contributed by atoms with E-state index in [2.05, 4.69) is 35.0 Å². The Balaban J connectivity index is 1.70. The van der Waals surface area contributed by atoms with E-state index in [1.54, 1.807) is 25.3 Å². The predicted octanol–water partition coefficient (Wildman–Crippen LogP) is 4.51. The van der Waals surface area contributed by atoms with Crippen LogP contribution >= 0.6 is 23.2 Å². The van der Waals surface area contributed by atoms with Crippen molar-refractivity contribution < 1.29 is 22.4 Å². The van der Waals surface area contributed by atoms with Crippen LogP contribution in [0.15, 0.2) is 28.8 Å². The second kappa shape index (κ2) is 10.5. The number of alkyl carbamates (subject to hydrolysis) is 1. The first-order valence-corrected chi connectivity index (χ1v) is 13.6. The van der Waals surface area contributed by atoms with E-state index >= 15 is 0 Å². The molecule has 1 fully saturated rings. The Morgan fingerprint density at radius 1 is 1.28 bits per heavy atom. The van der Waals surface area contributed by atoms with Gasteiger partial charge in [0.1, 0.15) is 11.4 Å². The number of hydrogen-bond acceptors (Lipinski definition) is 9. The van der Waals surface area contributed by atoms with Crippen LogP contribution in [0.4, 0.5) is 16.4 Å². The SMILES string of the molecule is COC(=O)N[C@@H](C)CNc1nccc(-c2oc(C3CC3)nc2-c2cc(Cl)cc(NS(C)(=O)=O)c2Cl)n1. The Kier molecular flexibility index (Phi) is 7.57. The number of benzene rings is 1. The number of nitrogens with zero attached hydrogens (tertiary/aromatic N) is 3. The van der Waals surface area contributed by atoms with E-state index in [0.717, 1.165) is 19.1 Å². The highest BCUT2D eigenvalue weighted by Crippen LogP contribution is 2.46. The van der Waals surface area contributed by atoms with Gasteiger partial charge >= 0.3 is 6.09 Å². The van der Waals surface area contributed by atoms with Crippen LogP contribution in [0.1, 0.15) is 31.6 Å². The number of carbonyl (C=O) groups excluding carboxylic acids is 1. The normalized spacial score (nSPS) is 14.2. The van der Waals surface area contributed by atoms with Gasteiger partial charge in [-0.25, -0.2) is 28.2 Å². The number of sulfonamides is 1. The van der Waals surface area contributed by atoms with Crippen molar-refractivity contribution in [2.24, 2.45) is 0 Å². The highest BCUT2D eigenvalue weighted by molar-refractivity contribution is 7.92. The van der Waals surface area contributed by atoms with Gasteiger partial charge in [-0.2, -0.15) is 0 Å². The zero-order chi connectivity index (χ0) is 26.0. The molecule has 0 spiro atoms. The first-order chi connectivity index (χ1) is 17.0. The number of ether oxygens (including phenoxy) is 1. The van der Waals surface area contributed by atoms with Crippen molar-refractivity contribution in [3.8, 4) is 22.7 Å². The molecule has 14 heteroatoms. The number of hydrogen-bond donors (Lipinski definition) is 3. The lowest BCUT2D eigenvalue weighted by Crippen LogP contribution is -2.37. The summed E-state index contributed by atoms with van der Waals surface area (Å²) in [6.45, 7) is 2.14. The molecule has 11 nitrogen and oxygen atoms in total. The number of aromatic nitrogens is 3. The zero-order valence-corrected chi connectivity index (χ0v) is 22.0. The number of carbonyl (C=O) groups is 1. The number of methoxy groups -OCH3 is 1. The van der Waals surface area contributed by atoms with Gasteiger partial charge in [0.25, 0.3) is 0 Å². The van der Waals surface area contributed by atoms with Crippen LogP contribution in [0.25, 0.3) is 22.7 Å². The average molecular weight is 555 g/mol. The molecule has 4 rings (SSSR count). The quantitative estimate of drug-likeness (QED) is 0.347. The van der Waals surface area contributed by atoms with E-state index in [4.69, 9.17) is 27.6 Å². The van der Waals surface area contributed by atoms with Crippen LogP contribution in [-0.2, 0) is 14.8 Å². The molecule has 1 aromatic carbocycles. The van der Waals surface area contributed by atoms with Gasteiger partial charge < -0.3 is 19.8 Å². The number of halogens is 2. The van der Waals surface area contributed by atoms with Crippen molar-refractivity contribution in [1.82, 2.24) is 20.3 Å². The molecule has 1 amide bonds. The molecule has 1 aliphatic rings. The molecule has 36 heavy (non-hydrogen) atoms. The molecular formula is C22H24Cl2N6O5S. The van der Waals surface area contributed by atoms with E-state index < -0.39 is 16.1 Å². The largest absolute Gasteiger partial charge is 0.453 e. The monoisotopic (exact) mass is 554 g/mol. The fourth-order valence-corrected chi connectivity index (χ4v) is 4.44. The first-order valence-electron chi connectivity index (χ1n) is 10.9. The zero-order valence-electron chi connectivity index (χ0n) is 19.6. The third-order valence-electron chi connectivity index (χ3n) is 5.16. The maximum absolute atomic E-state index is 11.8. The molecule has 0 aliphatic heterocycles. The number of nitrogens with one attached hydrogen (secondary N) is 3. The Labute approximate surface area is 218 Å². The minimum atomic E-state index is -3.60. The lowest BCUT2D eigenvalue weighted by atomic mass is 10.1. The van der Waals surface area contributed by atoms with Crippen molar-refractivity contribution in [3.05, 3.63) is 40.3 Å². The number of rotatable bonds is 9. The number of anilines is 2. The van der Waals surface area contributed by atoms with E-state index in [9.17, 15) is 13.2 Å². The van der Waals surface area contributed by atoms with Gasteiger partial charge in [-0.1, -0.05) is 23.2 Å². The Hall–Kier alpha value is -3.09. The summed E-state index contributed by atoms with van der Waals surface area (Å²) in [6.07, 6.45) is 3.94. The molecule has 2 heterocycles. The fourth-order valence-electron chi connectivity index (χ4n) is 3.36. The fraction of sp³-hybridized carbons (Fsp3) is 0.364. The summed E-state index contributed by atoms with van der Waals surface area (Å²) in [5.41, 5.74) is 1.33. The summed E-state index contributed by atoms with van der Waals surface area (Å²) in [4.78, 5) is 24.8. The summed E-state index contributed by atoms with van der Waals surface area (Å²) in [7, 11) is -2.31. The van der Waals surface area contributed by atoms with E-state index in [1.807, 2.05) is 0 Å². The van der Waals surface area contributed by atoms with Crippen LogP contribution in [-0.4, -0.2) is 55.4 Å². The molecule has 192 valence electrons. The van der Waals surface area contributed by atoms with E-state index in [-0.39, 0.29) is 27.7 Å². The molecule has 3 N–H and O–H groups in total. The lowest BCUT2D eigenvalue weighted by Gasteiger charge is -2.14. The van der Waals surface area contributed by atoms with Gasteiger partial charge in [0.2, 0.25) is 16.0 Å². The lowest BCUT2D eigenvalue weighted by molar-refractivity contribution is 0.168. The smallest absolute Gasteiger partial charge is 0.407 e. The molecular weight excluding hydrogens is 531 g/mol. The van der Waals surface area contributed by atoms with Crippen molar-refractivity contribution in [1.29, 1.82) is 0 Å². The molecule has 0 bridgehead atoms. The molecule has 0 radical (unpaired) electrons. The van der Waals surface area contributed by atoms with Crippen LogP contribution in [0.3, 0.4) is 0 Å². The molecule has 1 saturated carbocycles. The van der Waals surface area contributed by atoms with E-state index in [1.165, 1.54) is 13.2 Å². The molecule has 1 atom stereocenters. The minimum Gasteiger partial charge on any atom is -0.453 e. The summed E-state index contributed by atoms with van der Waals surface area (Å²) in [5, 5.41) is 6.10. The standard InChI is InChI=1S/C22H24Cl2N6O5S/c1-11(27-22(31)34-2)10-26-21-25-7-6-15(28-21)19-18(29-20(35-19)12-4-5-12)14-8-13(23)9-16(17(14)24)30-36(3,32)33/h6-9,11-12,30H,4-5,10H2,1-3H3,(H,27,31)(H,25,26,28)/t11-/m0/s1. The van der Waals surface area contributed by atoms with Gasteiger partial charge in [-0.15, -0.1) is 0 Å². The topological polar surface area (TPSA) is 148 Å². The number of amides is 1. The second-order valence-corrected chi connectivity index (χ2v) is 10.9. The van der Waals surface area contributed by atoms with E-state index in [0.29, 0.717) is 41.1 Å². The molecule has 1 aliphatic carbocycles. The van der Waals surface area contributed by atoms with Gasteiger partial charge in [-0.05, 0) is 38.0 Å². The van der Waals surface area contributed by atoms with Crippen LogP contribution in [0.5, 0.6) is 0 Å². The van der Waals surface area contributed by atoms with Crippen molar-refractivity contribution in [2.45, 2.75) is 31.7 Å². The Morgan fingerprint density at radius 2 is 2.03 bits per heavy atom. The number of oxazole rings is 1. The maximum Gasteiger partial charge on any atom is 0.407 e. The van der Waals surface area contributed by atoms with Gasteiger partial charge in [-0.3, -0.25) is 4.72 Å². The second-order valence-electron chi connectivity index (χ2n) is 8.38. The molecule has 3 aromatic rings. The van der Waals surface area contributed by atoms with Gasteiger partial charge in [0.15, 0.2) is 11.7 Å². The summed E-state index contributed by atoms with van der Waals surface area (Å²) in [5.74, 6) is 1.38. The molecule has 0 unspecified atom stereocenters. The summed E-state index contributed by atoms with van der Waals surface area (Å²) < 4.78 is 36.7. The van der Waals surface area contributed by atoms with Crippen LogP contribution < -0.4 is 15.4 Å². The molecule has 0 saturated heterocycles. The van der Waals surface area contributed by atoms with Crippen LogP contribution in [0.2, 0.25) is 10.0 Å². The third-order valence-corrected chi connectivity index (χ3v) is 6.38. The van der Waals surface area contributed by atoms with Crippen molar-refractivity contribution in [2.75, 3.05) is 29.9 Å². The predicted molar refractivity (Wildman–Crippen MR) is 137 cm³/mol. The molecule has 2 aromatic heterocycles. The van der Waals surface area contributed by atoms with Crippen molar-refractivity contribution >= 4 is 51.0 Å². The average Bonchev–Trinajstić information content (AvgIpc) is 3.57. The summed E-state index contributed by atoms with van der Waals surface area (Å²) in [6, 6.07) is 4.43. The Bertz CT molecular complexity index is 1390. The first kappa shape index (κ1) is 26.0. The van der Waals surface area contributed by atoms with Gasteiger partial charge in [0, 0.05) is 35.3 Å². The summed E-state index contributed by atoms with van der Waals surface area (Å²) >= 11 is 12.9. The third kappa shape index (κ3) is 6.37. The van der Waals surface area contributed by atoms with Crippen LogP contribution in [0, 0.1) is 0 Å².